The summed E-state index contributed by atoms with van der Waals surface area (Å²) >= 11 is 6.09. The van der Waals surface area contributed by atoms with Crippen molar-refractivity contribution in [2.45, 2.75) is 19.1 Å². The zero-order valence-electron chi connectivity index (χ0n) is 21.4. The molecule has 0 spiro atoms. The van der Waals surface area contributed by atoms with Gasteiger partial charge in [0, 0.05) is 34.5 Å². The molecule has 12 nitrogen and oxygen atoms in total. The van der Waals surface area contributed by atoms with Crippen LogP contribution in [0.25, 0.3) is 16.9 Å². The van der Waals surface area contributed by atoms with Crippen LogP contribution in [0.2, 0.25) is 5.02 Å². The molecule has 0 bridgehead atoms. The van der Waals surface area contributed by atoms with Gasteiger partial charge in [0.25, 0.3) is 0 Å². The molecule has 5 N–H and O–H groups in total. The third kappa shape index (κ3) is 5.29. The van der Waals surface area contributed by atoms with Gasteiger partial charge in [0.2, 0.25) is 22.4 Å². The number of carboxylic acids is 1. The van der Waals surface area contributed by atoms with Gasteiger partial charge in [-0.3, -0.25) is 9.59 Å². The number of aliphatic hydroxyl groups is 2. The maximum atomic E-state index is 12.7. The summed E-state index contributed by atoms with van der Waals surface area (Å²) in [6.07, 6.45) is 1.44. The van der Waals surface area contributed by atoms with Gasteiger partial charge in [-0.25, -0.2) is 9.48 Å². The quantitative estimate of drug-likeness (QED) is 0.177. The van der Waals surface area contributed by atoms with Crippen LogP contribution < -0.4 is 10.9 Å². The number of carboxylic acid groups (broad SMARTS) is 1. The Kier molecular flexibility index (Phi) is 7.68. The second kappa shape index (κ2) is 11.4. The molecule has 5 aromatic rings. The van der Waals surface area contributed by atoms with Crippen molar-refractivity contribution in [1.29, 1.82) is 0 Å². The van der Waals surface area contributed by atoms with E-state index in [0.717, 1.165) is 12.1 Å². The second-order valence-corrected chi connectivity index (χ2v) is 9.50. The first-order chi connectivity index (χ1) is 20.1. The van der Waals surface area contributed by atoms with Gasteiger partial charge in [0.15, 0.2) is 11.5 Å². The summed E-state index contributed by atoms with van der Waals surface area (Å²) in [5.41, 5.74) is -0.591. The van der Waals surface area contributed by atoms with Crippen molar-refractivity contribution in [2.75, 3.05) is 0 Å². The molecule has 0 unspecified atom stereocenters. The largest absolute Gasteiger partial charge is 0.502 e. The molecule has 2 aromatic carbocycles. The van der Waals surface area contributed by atoms with E-state index < -0.39 is 59.0 Å². The van der Waals surface area contributed by atoms with Crippen molar-refractivity contribution >= 4 is 17.6 Å². The molecular formula is C29H21ClN2O10. The first-order valence-electron chi connectivity index (χ1n) is 12.2. The average Bonchev–Trinajstić information content (AvgIpc) is 3.42. The lowest BCUT2D eigenvalue weighted by atomic mass is 9.90. The van der Waals surface area contributed by atoms with Crippen LogP contribution in [0.15, 0.2) is 85.3 Å². The van der Waals surface area contributed by atoms with Gasteiger partial charge in [0.1, 0.15) is 30.7 Å². The fraction of sp³-hybridized carbons (Fsp3) is 0.103. The predicted octanol–water partition coefficient (Wildman–Crippen LogP) is 3.37. The van der Waals surface area contributed by atoms with Crippen LogP contribution in [0.4, 0.5) is 0 Å². The lowest BCUT2D eigenvalue weighted by molar-refractivity contribution is 0.0697. The molecule has 0 aliphatic heterocycles. The molecular weight excluding hydrogens is 572 g/mol. The Hall–Kier alpha value is -5.17. The van der Waals surface area contributed by atoms with E-state index in [1.165, 1.54) is 35.1 Å². The highest BCUT2D eigenvalue weighted by molar-refractivity contribution is 6.30. The summed E-state index contributed by atoms with van der Waals surface area (Å²) in [7, 11) is 0. The number of aliphatic hydroxyl groups excluding tert-OH is 2. The number of benzene rings is 2. The Balaban J connectivity index is 1.87. The lowest BCUT2D eigenvalue weighted by Gasteiger charge is -2.18. The van der Waals surface area contributed by atoms with E-state index >= 15 is 0 Å². The minimum Gasteiger partial charge on any atom is -0.502 e. The van der Waals surface area contributed by atoms with Crippen LogP contribution in [0, 0.1) is 0 Å². The number of hydrogen-bond acceptors (Lipinski definition) is 10. The van der Waals surface area contributed by atoms with E-state index in [1.807, 2.05) is 0 Å². The first-order valence-corrected chi connectivity index (χ1v) is 12.6. The molecule has 0 aliphatic rings. The minimum atomic E-state index is -1.53. The second-order valence-electron chi connectivity index (χ2n) is 9.07. The molecule has 0 amide bonds. The van der Waals surface area contributed by atoms with Gasteiger partial charge >= 0.3 is 5.97 Å². The third-order valence-electron chi connectivity index (χ3n) is 6.39. The number of halogens is 1. The van der Waals surface area contributed by atoms with E-state index in [2.05, 4.69) is 5.10 Å². The molecule has 5 rings (SSSR count). The molecule has 13 heteroatoms. The van der Waals surface area contributed by atoms with Gasteiger partial charge in [-0.1, -0.05) is 23.7 Å². The highest BCUT2D eigenvalue weighted by Crippen LogP contribution is 2.43. The van der Waals surface area contributed by atoms with Crippen molar-refractivity contribution in [1.82, 2.24) is 9.78 Å². The van der Waals surface area contributed by atoms with Crippen molar-refractivity contribution in [2.24, 2.45) is 0 Å². The van der Waals surface area contributed by atoms with Gasteiger partial charge in [-0.05, 0) is 36.4 Å². The Morgan fingerprint density at radius 2 is 1.38 bits per heavy atom. The SMILES string of the molecule is O=C(O)c1ccc(-n2cc(C(c3oc(CO)cc(=O)c3O)c3oc(CO)cc(=O)c3O)c(-c3ccc(Cl)cc3)n2)cc1. The molecule has 0 atom stereocenters. The number of aromatic hydroxyl groups is 2. The maximum absolute atomic E-state index is 12.7. The summed E-state index contributed by atoms with van der Waals surface area (Å²) < 4.78 is 12.7. The zero-order valence-corrected chi connectivity index (χ0v) is 22.1. The number of aromatic carboxylic acids is 1. The van der Waals surface area contributed by atoms with Crippen LogP contribution in [0.1, 0.15) is 44.9 Å². The van der Waals surface area contributed by atoms with Crippen molar-refractivity contribution in [3.63, 3.8) is 0 Å². The minimum absolute atomic E-state index is 0.0296. The fourth-order valence-electron chi connectivity index (χ4n) is 4.38. The molecule has 3 aromatic heterocycles. The third-order valence-corrected chi connectivity index (χ3v) is 6.64. The molecule has 214 valence electrons. The highest BCUT2D eigenvalue weighted by atomic mass is 35.5. The van der Waals surface area contributed by atoms with Gasteiger partial charge in [0.05, 0.1) is 16.9 Å². The smallest absolute Gasteiger partial charge is 0.335 e. The molecule has 42 heavy (non-hydrogen) atoms. The summed E-state index contributed by atoms with van der Waals surface area (Å²) in [5.74, 6) is -5.89. The van der Waals surface area contributed by atoms with Crippen LogP contribution >= 0.6 is 11.6 Å². The maximum Gasteiger partial charge on any atom is 0.335 e. The van der Waals surface area contributed by atoms with E-state index in [1.54, 1.807) is 24.3 Å². The van der Waals surface area contributed by atoms with Crippen LogP contribution in [0.5, 0.6) is 11.5 Å². The Labute approximate surface area is 240 Å². The van der Waals surface area contributed by atoms with Crippen molar-refractivity contribution in [3.8, 4) is 28.4 Å². The molecule has 0 radical (unpaired) electrons. The van der Waals surface area contributed by atoms with Gasteiger partial charge in [-0.15, -0.1) is 0 Å². The summed E-state index contributed by atoms with van der Waals surface area (Å²) in [5, 5.41) is 55.5. The molecule has 0 aliphatic carbocycles. The average molecular weight is 593 g/mol. The van der Waals surface area contributed by atoms with E-state index in [9.17, 15) is 39.9 Å². The molecule has 3 heterocycles. The number of aromatic nitrogens is 2. The van der Waals surface area contributed by atoms with Gasteiger partial charge in [-0.2, -0.15) is 5.10 Å². The monoisotopic (exact) mass is 592 g/mol. The number of rotatable bonds is 8. The normalized spacial score (nSPS) is 11.2. The van der Waals surface area contributed by atoms with Crippen molar-refractivity contribution in [3.05, 3.63) is 126 Å². The number of hydrogen-bond donors (Lipinski definition) is 5. The fourth-order valence-corrected chi connectivity index (χ4v) is 4.50. The Bertz CT molecular complexity index is 1840. The van der Waals surface area contributed by atoms with E-state index in [-0.39, 0.29) is 28.3 Å². The summed E-state index contributed by atoms with van der Waals surface area (Å²) in [4.78, 5) is 36.7. The lowest BCUT2D eigenvalue weighted by Crippen LogP contribution is -2.14. The van der Waals surface area contributed by atoms with Crippen LogP contribution in [-0.2, 0) is 13.2 Å². The summed E-state index contributed by atoms with van der Waals surface area (Å²) in [6.45, 7) is -1.44. The number of nitrogens with zero attached hydrogens (tertiary/aromatic N) is 2. The zero-order chi connectivity index (χ0) is 30.1. The standard InChI is InChI=1S/C29H21ClN2O10/c30-16-5-1-14(2-6-16)24-20(11-32(31-24)17-7-3-15(4-8-17)29(39)40)23(27-25(37)21(35)9-18(12-33)41-27)28-26(38)22(36)10-19(13-34)42-28/h1-11,23,33-34,37-38H,12-13H2,(H,39,40). The van der Waals surface area contributed by atoms with Gasteiger partial charge < -0.3 is 34.4 Å². The number of carbonyl (C=O) groups is 1. The Morgan fingerprint density at radius 1 is 0.857 bits per heavy atom. The Morgan fingerprint density at radius 3 is 1.86 bits per heavy atom. The van der Waals surface area contributed by atoms with E-state index in [4.69, 9.17) is 20.4 Å². The summed E-state index contributed by atoms with van der Waals surface area (Å²) in [6, 6.07) is 13.9. The first kappa shape index (κ1) is 28.4. The highest BCUT2D eigenvalue weighted by Gasteiger charge is 2.35. The van der Waals surface area contributed by atoms with Crippen LogP contribution in [0.3, 0.4) is 0 Å². The van der Waals surface area contributed by atoms with Crippen LogP contribution in [-0.4, -0.2) is 41.3 Å². The molecule has 0 saturated carbocycles. The predicted molar refractivity (Wildman–Crippen MR) is 147 cm³/mol. The molecule has 0 fully saturated rings. The topological polar surface area (TPSA) is 196 Å². The van der Waals surface area contributed by atoms with E-state index in [0.29, 0.717) is 16.3 Å². The van der Waals surface area contributed by atoms with Crippen molar-refractivity contribution < 1.29 is 39.2 Å². The molecule has 0 saturated heterocycles.